The molecule has 0 aliphatic carbocycles. The van der Waals surface area contributed by atoms with Gasteiger partial charge in [-0.2, -0.15) is 0 Å². The second-order valence-electron chi connectivity index (χ2n) is 8.70. The first-order valence-corrected chi connectivity index (χ1v) is 11.7. The van der Waals surface area contributed by atoms with Crippen molar-refractivity contribution < 1.29 is 19.2 Å². The minimum absolute atomic E-state index is 0.0305. The van der Waals surface area contributed by atoms with Gasteiger partial charge in [-0.15, -0.1) is 11.8 Å². The number of nitro benzene ring substituents is 1. The van der Waals surface area contributed by atoms with Crippen LogP contribution in [0, 0.1) is 10.1 Å². The van der Waals surface area contributed by atoms with Crippen LogP contribution in [0.2, 0.25) is 0 Å². The largest absolute Gasteiger partial charge is 0.497 e. The van der Waals surface area contributed by atoms with E-state index in [0.29, 0.717) is 11.5 Å². The van der Waals surface area contributed by atoms with Crippen molar-refractivity contribution in [1.82, 2.24) is 10.2 Å². The Bertz CT molecular complexity index is 973. The van der Waals surface area contributed by atoms with Crippen LogP contribution >= 0.6 is 11.8 Å². The molecule has 0 aliphatic rings. The third kappa shape index (κ3) is 8.42. The van der Waals surface area contributed by atoms with Gasteiger partial charge in [0, 0.05) is 30.0 Å². The Hall–Kier alpha value is -3.07. The summed E-state index contributed by atoms with van der Waals surface area (Å²) in [6, 6.07) is 13.0. The van der Waals surface area contributed by atoms with E-state index in [1.165, 1.54) is 23.9 Å². The standard InChI is InChI=1S/C24H31N3O5S/c1-17(23(29)25-24(2,3)4)26(14-19-7-6-8-21(13-19)32-5)22(28)16-33-15-18-9-11-20(12-10-18)27(30)31/h6-13,17H,14-16H2,1-5H3,(H,25,29)/t17-/m1/s1. The van der Waals surface area contributed by atoms with E-state index in [1.54, 1.807) is 31.1 Å². The van der Waals surface area contributed by atoms with Crippen molar-refractivity contribution in [3.63, 3.8) is 0 Å². The Kier molecular flexibility index (Phi) is 9.28. The van der Waals surface area contributed by atoms with Crippen molar-refractivity contribution in [1.29, 1.82) is 0 Å². The molecule has 0 fully saturated rings. The van der Waals surface area contributed by atoms with Gasteiger partial charge in [0.1, 0.15) is 11.8 Å². The Morgan fingerprint density at radius 2 is 1.82 bits per heavy atom. The highest BCUT2D eigenvalue weighted by atomic mass is 32.2. The van der Waals surface area contributed by atoms with E-state index in [2.05, 4.69) is 5.32 Å². The van der Waals surface area contributed by atoms with Gasteiger partial charge in [-0.3, -0.25) is 19.7 Å². The fourth-order valence-electron chi connectivity index (χ4n) is 3.08. The number of methoxy groups -OCH3 is 1. The van der Waals surface area contributed by atoms with Crippen LogP contribution in [0.1, 0.15) is 38.8 Å². The number of thioether (sulfide) groups is 1. The van der Waals surface area contributed by atoms with Gasteiger partial charge in [0.05, 0.1) is 17.8 Å². The summed E-state index contributed by atoms with van der Waals surface area (Å²) in [7, 11) is 1.58. The van der Waals surface area contributed by atoms with Gasteiger partial charge < -0.3 is 15.0 Å². The number of nitrogens with zero attached hydrogens (tertiary/aromatic N) is 2. The normalized spacial score (nSPS) is 12.0. The Morgan fingerprint density at radius 3 is 2.39 bits per heavy atom. The number of carbonyl (C=O) groups is 2. The van der Waals surface area contributed by atoms with Crippen LogP contribution in [-0.4, -0.2) is 46.1 Å². The van der Waals surface area contributed by atoms with E-state index < -0.39 is 16.5 Å². The molecule has 0 heterocycles. The number of carbonyl (C=O) groups excluding carboxylic acids is 2. The van der Waals surface area contributed by atoms with Gasteiger partial charge in [-0.05, 0) is 51.0 Å². The molecule has 2 aromatic rings. The van der Waals surface area contributed by atoms with Crippen LogP contribution in [0.15, 0.2) is 48.5 Å². The molecule has 0 aromatic heterocycles. The van der Waals surface area contributed by atoms with E-state index in [9.17, 15) is 19.7 Å². The molecule has 33 heavy (non-hydrogen) atoms. The van der Waals surface area contributed by atoms with Crippen LogP contribution in [0.4, 0.5) is 5.69 Å². The number of nitro groups is 1. The average molecular weight is 474 g/mol. The quantitative estimate of drug-likeness (QED) is 0.410. The third-order valence-electron chi connectivity index (χ3n) is 4.79. The van der Waals surface area contributed by atoms with E-state index in [1.807, 2.05) is 45.0 Å². The second kappa shape index (κ2) is 11.7. The number of non-ortho nitro benzene ring substituents is 1. The summed E-state index contributed by atoms with van der Waals surface area (Å²) in [6.07, 6.45) is 0. The van der Waals surface area contributed by atoms with Crippen LogP contribution in [0.5, 0.6) is 5.75 Å². The maximum Gasteiger partial charge on any atom is 0.269 e. The van der Waals surface area contributed by atoms with Crippen molar-refractivity contribution in [2.75, 3.05) is 12.9 Å². The average Bonchev–Trinajstić information content (AvgIpc) is 2.76. The topological polar surface area (TPSA) is 102 Å². The maximum atomic E-state index is 13.2. The Morgan fingerprint density at radius 1 is 1.15 bits per heavy atom. The molecule has 9 heteroatoms. The molecule has 2 amide bonds. The number of benzene rings is 2. The first-order valence-electron chi connectivity index (χ1n) is 10.6. The van der Waals surface area contributed by atoms with E-state index in [0.717, 1.165) is 11.1 Å². The molecule has 1 atom stereocenters. The summed E-state index contributed by atoms with van der Waals surface area (Å²) in [5, 5.41) is 13.7. The molecular weight excluding hydrogens is 442 g/mol. The fourth-order valence-corrected chi connectivity index (χ4v) is 3.95. The van der Waals surface area contributed by atoms with Crippen molar-refractivity contribution in [3.05, 3.63) is 69.8 Å². The lowest BCUT2D eigenvalue weighted by Gasteiger charge is -2.31. The molecular formula is C24H31N3O5S. The summed E-state index contributed by atoms with van der Waals surface area (Å²) in [4.78, 5) is 37.9. The van der Waals surface area contributed by atoms with Crippen LogP contribution < -0.4 is 10.1 Å². The summed E-state index contributed by atoms with van der Waals surface area (Å²) < 4.78 is 5.28. The molecule has 0 saturated heterocycles. The molecule has 0 aliphatic heterocycles. The first-order chi connectivity index (χ1) is 15.5. The lowest BCUT2D eigenvalue weighted by molar-refractivity contribution is -0.384. The SMILES string of the molecule is COc1cccc(CN(C(=O)CSCc2ccc([N+](=O)[O-])cc2)[C@H](C)C(=O)NC(C)(C)C)c1. The smallest absolute Gasteiger partial charge is 0.269 e. The highest BCUT2D eigenvalue weighted by Crippen LogP contribution is 2.20. The predicted molar refractivity (Wildman–Crippen MR) is 130 cm³/mol. The Labute approximate surface area is 198 Å². The molecule has 8 nitrogen and oxygen atoms in total. The monoisotopic (exact) mass is 473 g/mol. The first kappa shape index (κ1) is 26.2. The van der Waals surface area contributed by atoms with Gasteiger partial charge >= 0.3 is 0 Å². The van der Waals surface area contributed by atoms with Crippen LogP contribution in [-0.2, 0) is 21.9 Å². The van der Waals surface area contributed by atoms with Crippen molar-refractivity contribution in [2.45, 2.75) is 51.6 Å². The van der Waals surface area contributed by atoms with E-state index >= 15 is 0 Å². The molecule has 1 N–H and O–H groups in total. The number of nitrogens with one attached hydrogen (secondary N) is 1. The minimum atomic E-state index is -0.664. The van der Waals surface area contributed by atoms with E-state index in [-0.39, 0.29) is 29.8 Å². The third-order valence-corrected chi connectivity index (χ3v) is 5.78. The van der Waals surface area contributed by atoms with Crippen molar-refractivity contribution in [2.24, 2.45) is 0 Å². The van der Waals surface area contributed by atoms with Gasteiger partial charge in [0.2, 0.25) is 11.8 Å². The number of hydrogen-bond acceptors (Lipinski definition) is 6. The van der Waals surface area contributed by atoms with Crippen LogP contribution in [0.25, 0.3) is 0 Å². The zero-order valence-electron chi connectivity index (χ0n) is 19.7. The highest BCUT2D eigenvalue weighted by molar-refractivity contribution is 7.99. The molecule has 0 unspecified atom stereocenters. The molecule has 0 spiro atoms. The lowest BCUT2D eigenvalue weighted by Crippen LogP contribution is -2.52. The molecule has 0 bridgehead atoms. The number of ether oxygens (including phenoxy) is 1. The van der Waals surface area contributed by atoms with Crippen LogP contribution in [0.3, 0.4) is 0 Å². The highest BCUT2D eigenvalue weighted by Gasteiger charge is 2.28. The molecule has 178 valence electrons. The molecule has 0 radical (unpaired) electrons. The fraction of sp³-hybridized carbons (Fsp3) is 0.417. The molecule has 0 saturated carbocycles. The van der Waals surface area contributed by atoms with Crippen molar-refractivity contribution in [3.8, 4) is 5.75 Å². The summed E-state index contributed by atoms with van der Waals surface area (Å²) in [5.74, 6) is 0.993. The van der Waals surface area contributed by atoms with Gasteiger partial charge in [-0.25, -0.2) is 0 Å². The van der Waals surface area contributed by atoms with Gasteiger partial charge in [-0.1, -0.05) is 24.3 Å². The zero-order valence-corrected chi connectivity index (χ0v) is 20.5. The van der Waals surface area contributed by atoms with E-state index in [4.69, 9.17) is 4.74 Å². The van der Waals surface area contributed by atoms with Gasteiger partial charge in [0.15, 0.2) is 0 Å². The summed E-state index contributed by atoms with van der Waals surface area (Å²) >= 11 is 1.40. The summed E-state index contributed by atoms with van der Waals surface area (Å²) in [5.41, 5.74) is 1.36. The number of hydrogen-bond donors (Lipinski definition) is 1. The Balaban J connectivity index is 2.10. The molecule has 2 rings (SSSR count). The van der Waals surface area contributed by atoms with Gasteiger partial charge in [0.25, 0.3) is 5.69 Å². The van der Waals surface area contributed by atoms with Crippen molar-refractivity contribution >= 4 is 29.3 Å². The summed E-state index contributed by atoms with van der Waals surface area (Å²) in [6.45, 7) is 7.68. The maximum absolute atomic E-state index is 13.2. The predicted octanol–water partition coefficient (Wildman–Crippen LogP) is 4.17. The second-order valence-corrected chi connectivity index (χ2v) is 9.69. The minimum Gasteiger partial charge on any atom is -0.497 e. The zero-order chi connectivity index (χ0) is 24.6. The number of amides is 2. The number of rotatable bonds is 10. The molecule has 2 aromatic carbocycles. The lowest BCUT2D eigenvalue weighted by atomic mass is 10.1.